The van der Waals surface area contributed by atoms with Gasteiger partial charge in [-0.3, -0.25) is 9.97 Å². The van der Waals surface area contributed by atoms with Gasteiger partial charge in [0.05, 0.1) is 22.2 Å². The van der Waals surface area contributed by atoms with Gasteiger partial charge in [-0.2, -0.15) is 0 Å². The number of hydrogen-bond donors (Lipinski definition) is 0. The average Bonchev–Trinajstić information content (AvgIpc) is 3.33. The smallest absolute Gasteiger partial charge is 0.167 e. The summed E-state index contributed by atoms with van der Waals surface area (Å²) in [5, 5.41) is 8.27. The first-order chi connectivity index (χ1) is 29.7. The van der Waals surface area contributed by atoms with E-state index in [1.807, 2.05) is 60.7 Å². The minimum absolute atomic E-state index is 0.461. The third kappa shape index (κ3) is 5.46. The first kappa shape index (κ1) is 33.5. The van der Waals surface area contributed by atoms with Crippen LogP contribution in [0.15, 0.2) is 159 Å². The Morgan fingerprint density at radius 3 is 1.13 bits per heavy atom. The maximum Gasteiger partial charge on any atom is 0.167 e. The van der Waals surface area contributed by atoms with Gasteiger partial charge in [-0.25, -0.2) is 49.8 Å². The molecule has 12 heteroatoms. The largest absolute Gasteiger partial charge is 0.255 e. The standard InChI is InChI=1S/C48H26N12/c1-5-29-7-3-19-53-41(29)37(9-1)47-57-43(31-21-49-25-50-22-31)55-45(59-47)35-17-13-27-12-16-34-36(18-14-28-11-15-33(35)39(27)40(28)34)46-56-44(32-23-51-26-52-24-32)58-48(60-46)38-10-2-6-30-8-4-20-54-42(30)38/h1-26H. The van der Waals surface area contributed by atoms with Gasteiger partial charge < -0.3 is 0 Å². The maximum atomic E-state index is 5.15. The lowest BCUT2D eigenvalue weighted by molar-refractivity contribution is 1.06. The van der Waals surface area contributed by atoms with Gasteiger partial charge in [-0.15, -0.1) is 0 Å². The number of aromatic nitrogens is 12. The zero-order valence-corrected chi connectivity index (χ0v) is 31.4. The fourth-order valence-corrected chi connectivity index (χ4v) is 8.08. The van der Waals surface area contributed by atoms with Gasteiger partial charge in [0.15, 0.2) is 34.9 Å². The molecule has 278 valence electrons. The highest BCUT2D eigenvalue weighted by Crippen LogP contribution is 2.42. The highest BCUT2D eigenvalue weighted by atomic mass is 15.1. The topological polar surface area (TPSA) is 155 Å². The molecule has 0 aliphatic rings. The van der Waals surface area contributed by atoms with Gasteiger partial charge in [0.2, 0.25) is 0 Å². The van der Waals surface area contributed by atoms with E-state index in [0.29, 0.717) is 46.1 Å². The van der Waals surface area contributed by atoms with Crippen LogP contribution in [-0.4, -0.2) is 59.8 Å². The number of benzene rings is 6. The third-order valence-electron chi connectivity index (χ3n) is 10.8. The molecule has 0 radical (unpaired) electrons. The molecule has 0 bridgehead atoms. The van der Waals surface area contributed by atoms with Crippen LogP contribution in [0.4, 0.5) is 0 Å². The molecule has 6 heterocycles. The summed E-state index contributed by atoms with van der Waals surface area (Å²) in [6.07, 6.45) is 13.4. The van der Waals surface area contributed by atoms with Gasteiger partial charge in [-0.1, -0.05) is 72.8 Å². The van der Waals surface area contributed by atoms with E-state index in [4.69, 9.17) is 39.9 Å². The molecule has 0 unspecified atom stereocenters. The monoisotopic (exact) mass is 770 g/mol. The molecule has 12 aromatic rings. The predicted molar refractivity (Wildman–Crippen MR) is 231 cm³/mol. The summed E-state index contributed by atoms with van der Waals surface area (Å²) in [7, 11) is 0. The first-order valence-corrected chi connectivity index (χ1v) is 19.2. The predicted octanol–water partition coefficient (Wildman–Crippen LogP) is 9.63. The normalized spacial score (nSPS) is 11.7. The first-order valence-electron chi connectivity index (χ1n) is 19.2. The summed E-state index contributed by atoms with van der Waals surface area (Å²) in [4.78, 5) is 56.8. The van der Waals surface area contributed by atoms with E-state index in [2.05, 4.69) is 68.5 Å². The van der Waals surface area contributed by atoms with Crippen molar-refractivity contribution in [1.29, 1.82) is 0 Å². The zero-order chi connectivity index (χ0) is 39.6. The second-order valence-corrected chi connectivity index (χ2v) is 14.3. The molecule has 12 rings (SSSR count). The molecule has 0 aliphatic carbocycles. The van der Waals surface area contributed by atoms with Crippen LogP contribution in [0, 0.1) is 0 Å². The Morgan fingerprint density at radius 1 is 0.300 bits per heavy atom. The second kappa shape index (κ2) is 13.5. The van der Waals surface area contributed by atoms with E-state index in [-0.39, 0.29) is 0 Å². The van der Waals surface area contributed by atoms with Gasteiger partial charge in [0.1, 0.15) is 12.7 Å². The number of hydrogen-bond acceptors (Lipinski definition) is 12. The van der Waals surface area contributed by atoms with Crippen molar-refractivity contribution in [3.05, 3.63) is 159 Å². The molecule has 0 saturated carbocycles. The number of pyridine rings is 2. The van der Waals surface area contributed by atoms with E-state index in [9.17, 15) is 0 Å². The summed E-state index contributed by atoms with van der Waals surface area (Å²) < 4.78 is 0. The van der Waals surface area contributed by atoms with Crippen molar-refractivity contribution in [2.75, 3.05) is 0 Å². The van der Waals surface area contributed by atoms with Crippen molar-refractivity contribution >= 4 is 54.1 Å². The van der Waals surface area contributed by atoms with Crippen LogP contribution in [0.1, 0.15) is 0 Å². The van der Waals surface area contributed by atoms with Crippen molar-refractivity contribution in [2.45, 2.75) is 0 Å². The number of nitrogens with zero attached hydrogens (tertiary/aromatic N) is 12. The van der Waals surface area contributed by atoms with E-state index >= 15 is 0 Å². The molecule has 0 aliphatic heterocycles. The van der Waals surface area contributed by atoms with E-state index in [1.165, 1.54) is 12.7 Å². The molecular formula is C48H26N12. The van der Waals surface area contributed by atoms with Crippen LogP contribution in [0.3, 0.4) is 0 Å². The number of para-hydroxylation sites is 2. The summed E-state index contributed by atoms with van der Waals surface area (Å²) in [5.74, 6) is 2.97. The van der Waals surface area contributed by atoms with E-state index in [1.54, 1.807) is 37.2 Å². The molecule has 12 nitrogen and oxygen atoms in total. The summed E-state index contributed by atoms with van der Waals surface area (Å²) >= 11 is 0. The molecule has 0 fully saturated rings. The molecule has 0 atom stereocenters. The lowest BCUT2D eigenvalue weighted by atomic mass is 9.89. The van der Waals surface area contributed by atoms with Crippen molar-refractivity contribution in [1.82, 2.24) is 59.8 Å². The minimum Gasteiger partial charge on any atom is -0.255 e. The Bertz CT molecular complexity index is 3370. The van der Waals surface area contributed by atoms with Crippen LogP contribution in [-0.2, 0) is 0 Å². The number of fused-ring (bicyclic) bond motifs is 2. The van der Waals surface area contributed by atoms with Crippen LogP contribution >= 0.6 is 0 Å². The second-order valence-electron chi connectivity index (χ2n) is 14.3. The molecule has 0 N–H and O–H groups in total. The molecule has 0 amide bonds. The lowest BCUT2D eigenvalue weighted by Crippen LogP contribution is -2.02. The Labute approximate surface area is 340 Å². The van der Waals surface area contributed by atoms with Crippen molar-refractivity contribution in [3.63, 3.8) is 0 Å². The van der Waals surface area contributed by atoms with Crippen molar-refractivity contribution < 1.29 is 0 Å². The fourth-order valence-electron chi connectivity index (χ4n) is 8.08. The highest BCUT2D eigenvalue weighted by Gasteiger charge is 2.21. The van der Waals surface area contributed by atoms with Crippen molar-refractivity contribution in [2.24, 2.45) is 0 Å². The SMILES string of the molecule is c1cnc2c(-c3nc(-c4cncnc4)nc(-c4ccc5ccc6c(-c7nc(-c8cncnc8)nc(-c8cccc9cccnc89)n7)ccc7ccc4c5c76)n3)cccc2c1. The van der Waals surface area contributed by atoms with Crippen LogP contribution in [0.2, 0.25) is 0 Å². The van der Waals surface area contributed by atoms with Crippen LogP contribution < -0.4 is 0 Å². The Morgan fingerprint density at radius 2 is 0.683 bits per heavy atom. The molecule has 6 aromatic heterocycles. The van der Waals surface area contributed by atoms with E-state index < -0.39 is 0 Å². The minimum atomic E-state index is 0.461. The van der Waals surface area contributed by atoms with Crippen LogP contribution in [0.5, 0.6) is 0 Å². The Kier molecular flexibility index (Phi) is 7.53. The summed E-state index contributed by atoms with van der Waals surface area (Å²) in [5.41, 5.74) is 6.27. The van der Waals surface area contributed by atoms with Crippen LogP contribution in [0.25, 0.3) is 122 Å². The van der Waals surface area contributed by atoms with Gasteiger partial charge in [0, 0.05) is 70.2 Å². The quantitative estimate of drug-likeness (QED) is 0.148. The van der Waals surface area contributed by atoms with Gasteiger partial charge >= 0.3 is 0 Å². The third-order valence-corrected chi connectivity index (χ3v) is 10.8. The molecular weight excluding hydrogens is 745 g/mol. The Balaban J connectivity index is 1.09. The zero-order valence-electron chi connectivity index (χ0n) is 31.4. The maximum absolute atomic E-state index is 5.15. The number of rotatable bonds is 6. The summed E-state index contributed by atoms with van der Waals surface area (Å²) in [6.45, 7) is 0. The molecule has 0 saturated heterocycles. The lowest BCUT2D eigenvalue weighted by Gasteiger charge is -2.16. The van der Waals surface area contributed by atoms with E-state index in [0.717, 1.165) is 76.4 Å². The van der Waals surface area contributed by atoms with Crippen molar-refractivity contribution in [3.8, 4) is 68.3 Å². The van der Waals surface area contributed by atoms with Gasteiger partial charge in [-0.05, 0) is 68.7 Å². The Hall–Kier alpha value is -8.64. The summed E-state index contributed by atoms with van der Waals surface area (Å²) in [6, 6.07) is 36.9. The average molecular weight is 771 g/mol. The molecule has 0 spiro atoms. The highest BCUT2D eigenvalue weighted by molar-refractivity contribution is 6.27. The molecule has 6 aromatic carbocycles. The molecule has 60 heavy (non-hydrogen) atoms. The van der Waals surface area contributed by atoms with Gasteiger partial charge in [0.25, 0.3) is 0 Å². The fraction of sp³-hybridized carbons (Fsp3) is 0.